The number of hydrogen-bond donors (Lipinski definition) is 1. The standard InChI is InChI=1S/C11H14N4OS2/c16-11(1-3-17-8-11)5-9-6-15(14-13-9)7-10-12-2-4-18-10/h2,4,6,16H,1,3,5,7-8H2. The lowest BCUT2D eigenvalue weighted by Gasteiger charge is -2.18. The highest BCUT2D eigenvalue weighted by atomic mass is 32.2. The van der Waals surface area contributed by atoms with Crippen molar-refractivity contribution in [2.24, 2.45) is 0 Å². The topological polar surface area (TPSA) is 63.8 Å². The maximum absolute atomic E-state index is 10.3. The molecule has 0 amide bonds. The molecule has 1 atom stereocenters. The van der Waals surface area contributed by atoms with Crippen LogP contribution < -0.4 is 0 Å². The minimum atomic E-state index is -0.591. The Balaban J connectivity index is 1.66. The molecule has 3 heterocycles. The van der Waals surface area contributed by atoms with E-state index in [1.54, 1.807) is 34.0 Å². The van der Waals surface area contributed by atoms with Crippen molar-refractivity contribution in [3.63, 3.8) is 0 Å². The third kappa shape index (κ3) is 2.73. The molecule has 1 N–H and O–H groups in total. The van der Waals surface area contributed by atoms with Gasteiger partial charge in [-0.15, -0.1) is 16.4 Å². The predicted octanol–water partition coefficient (Wildman–Crippen LogP) is 1.19. The molecular formula is C11H14N4OS2. The van der Waals surface area contributed by atoms with Crippen LogP contribution in [0.25, 0.3) is 0 Å². The van der Waals surface area contributed by atoms with Gasteiger partial charge in [-0.3, -0.25) is 0 Å². The van der Waals surface area contributed by atoms with Crippen molar-refractivity contribution in [2.75, 3.05) is 11.5 Å². The van der Waals surface area contributed by atoms with Crippen molar-refractivity contribution >= 4 is 23.1 Å². The summed E-state index contributed by atoms with van der Waals surface area (Å²) < 4.78 is 1.78. The quantitative estimate of drug-likeness (QED) is 0.912. The number of thioether (sulfide) groups is 1. The zero-order valence-electron chi connectivity index (χ0n) is 9.82. The fourth-order valence-corrected chi connectivity index (χ4v) is 3.94. The monoisotopic (exact) mass is 282 g/mol. The molecule has 2 aromatic heterocycles. The molecule has 1 aliphatic rings. The third-order valence-electron chi connectivity index (χ3n) is 2.96. The largest absolute Gasteiger partial charge is 0.389 e. The highest BCUT2D eigenvalue weighted by molar-refractivity contribution is 7.99. The third-order valence-corrected chi connectivity index (χ3v) is 4.96. The molecule has 1 unspecified atom stereocenters. The minimum Gasteiger partial charge on any atom is -0.389 e. The first kappa shape index (κ1) is 12.1. The molecular weight excluding hydrogens is 268 g/mol. The SMILES string of the molecule is OC1(Cc2cn(Cc3nccs3)nn2)CCSC1. The summed E-state index contributed by atoms with van der Waals surface area (Å²) in [5.74, 6) is 1.83. The van der Waals surface area contributed by atoms with Crippen molar-refractivity contribution < 1.29 is 5.11 Å². The first-order chi connectivity index (χ1) is 8.73. The Bertz CT molecular complexity index is 505. The number of aliphatic hydroxyl groups is 1. The summed E-state index contributed by atoms with van der Waals surface area (Å²) in [5, 5.41) is 21.5. The zero-order chi connectivity index (χ0) is 12.4. The smallest absolute Gasteiger partial charge is 0.114 e. The van der Waals surface area contributed by atoms with E-state index in [2.05, 4.69) is 15.3 Å². The van der Waals surface area contributed by atoms with E-state index in [4.69, 9.17) is 0 Å². The number of thiazole rings is 1. The van der Waals surface area contributed by atoms with Crippen LogP contribution in [0.5, 0.6) is 0 Å². The average Bonchev–Trinajstić information content (AvgIpc) is 3.03. The molecule has 1 aliphatic heterocycles. The van der Waals surface area contributed by atoms with Gasteiger partial charge in [-0.05, 0) is 12.2 Å². The van der Waals surface area contributed by atoms with Crippen molar-refractivity contribution in [3.05, 3.63) is 28.5 Å². The van der Waals surface area contributed by atoms with E-state index in [1.165, 1.54) is 0 Å². The van der Waals surface area contributed by atoms with Gasteiger partial charge in [-0.1, -0.05) is 5.21 Å². The highest BCUT2D eigenvalue weighted by Gasteiger charge is 2.32. The summed E-state index contributed by atoms with van der Waals surface area (Å²) in [5.41, 5.74) is 0.267. The predicted molar refractivity (Wildman–Crippen MR) is 71.8 cm³/mol. The molecule has 0 aliphatic carbocycles. The van der Waals surface area contributed by atoms with Crippen LogP contribution in [-0.2, 0) is 13.0 Å². The van der Waals surface area contributed by atoms with Crippen LogP contribution in [0, 0.1) is 0 Å². The van der Waals surface area contributed by atoms with Crippen LogP contribution in [-0.4, -0.2) is 42.2 Å². The van der Waals surface area contributed by atoms with Crippen molar-refractivity contribution in [1.29, 1.82) is 0 Å². The molecule has 0 bridgehead atoms. The second kappa shape index (κ2) is 4.99. The highest BCUT2D eigenvalue weighted by Crippen LogP contribution is 2.30. The molecule has 96 valence electrons. The van der Waals surface area contributed by atoms with Crippen LogP contribution in [0.2, 0.25) is 0 Å². The van der Waals surface area contributed by atoms with Gasteiger partial charge in [0.1, 0.15) is 5.01 Å². The Morgan fingerprint density at radius 3 is 3.17 bits per heavy atom. The van der Waals surface area contributed by atoms with E-state index in [0.717, 1.165) is 28.6 Å². The second-order valence-corrected chi connectivity index (χ2v) is 6.62. The zero-order valence-corrected chi connectivity index (χ0v) is 11.5. The van der Waals surface area contributed by atoms with Gasteiger partial charge >= 0.3 is 0 Å². The summed E-state index contributed by atoms with van der Waals surface area (Å²) in [6.07, 6.45) is 5.13. The lowest BCUT2D eigenvalue weighted by molar-refractivity contribution is 0.0676. The van der Waals surface area contributed by atoms with Gasteiger partial charge < -0.3 is 5.11 Å². The Labute approximate surface area is 113 Å². The Morgan fingerprint density at radius 1 is 1.50 bits per heavy atom. The maximum Gasteiger partial charge on any atom is 0.114 e. The number of hydrogen-bond acceptors (Lipinski definition) is 6. The lowest BCUT2D eigenvalue weighted by atomic mass is 9.98. The Morgan fingerprint density at radius 2 is 2.44 bits per heavy atom. The van der Waals surface area contributed by atoms with Crippen molar-refractivity contribution in [3.8, 4) is 0 Å². The minimum absolute atomic E-state index is 0.591. The summed E-state index contributed by atoms with van der Waals surface area (Å²) in [6, 6.07) is 0. The second-order valence-electron chi connectivity index (χ2n) is 4.54. The van der Waals surface area contributed by atoms with Crippen molar-refractivity contribution in [2.45, 2.75) is 25.0 Å². The summed E-state index contributed by atoms with van der Waals surface area (Å²) in [7, 11) is 0. The van der Waals surface area contributed by atoms with E-state index in [0.29, 0.717) is 13.0 Å². The average molecular weight is 282 g/mol. The van der Waals surface area contributed by atoms with Crippen LogP contribution in [0.3, 0.4) is 0 Å². The molecule has 0 radical (unpaired) electrons. The van der Waals surface area contributed by atoms with Crippen LogP contribution in [0.4, 0.5) is 0 Å². The van der Waals surface area contributed by atoms with Crippen LogP contribution in [0.15, 0.2) is 17.8 Å². The van der Waals surface area contributed by atoms with Gasteiger partial charge in [0.2, 0.25) is 0 Å². The molecule has 1 saturated heterocycles. The molecule has 7 heteroatoms. The number of rotatable bonds is 4. The normalized spacial score (nSPS) is 23.6. The summed E-state index contributed by atoms with van der Waals surface area (Å²) in [4.78, 5) is 4.21. The molecule has 18 heavy (non-hydrogen) atoms. The lowest BCUT2D eigenvalue weighted by Crippen LogP contribution is -2.30. The van der Waals surface area contributed by atoms with E-state index >= 15 is 0 Å². The fourth-order valence-electron chi connectivity index (χ4n) is 2.04. The van der Waals surface area contributed by atoms with Gasteiger partial charge in [-0.25, -0.2) is 9.67 Å². The molecule has 0 aromatic carbocycles. The number of aromatic nitrogens is 4. The molecule has 3 rings (SSSR count). The Kier molecular flexibility index (Phi) is 3.36. The molecule has 5 nitrogen and oxygen atoms in total. The van der Waals surface area contributed by atoms with Gasteiger partial charge in [0.05, 0.1) is 17.8 Å². The van der Waals surface area contributed by atoms with Crippen molar-refractivity contribution in [1.82, 2.24) is 20.0 Å². The van der Waals surface area contributed by atoms with Gasteiger partial charge in [-0.2, -0.15) is 11.8 Å². The molecule has 2 aromatic rings. The van der Waals surface area contributed by atoms with Gasteiger partial charge in [0, 0.05) is 29.9 Å². The van der Waals surface area contributed by atoms with Crippen LogP contribution >= 0.6 is 23.1 Å². The molecule has 1 fully saturated rings. The fraction of sp³-hybridized carbons (Fsp3) is 0.545. The maximum atomic E-state index is 10.3. The molecule has 0 spiro atoms. The van der Waals surface area contributed by atoms with E-state index in [1.807, 2.05) is 11.6 Å². The van der Waals surface area contributed by atoms with E-state index in [-0.39, 0.29) is 0 Å². The Hall–Kier alpha value is -0.920. The van der Waals surface area contributed by atoms with E-state index < -0.39 is 5.60 Å². The van der Waals surface area contributed by atoms with E-state index in [9.17, 15) is 5.11 Å². The summed E-state index contributed by atoms with van der Waals surface area (Å²) in [6.45, 7) is 0.651. The number of nitrogens with zero attached hydrogens (tertiary/aromatic N) is 4. The van der Waals surface area contributed by atoms with Crippen LogP contribution in [0.1, 0.15) is 17.1 Å². The van der Waals surface area contributed by atoms with Gasteiger partial charge in [0.25, 0.3) is 0 Å². The first-order valence-corrected chi connectivity index (χ1v) is 7.84. The van der Waals surface area contributed by atoms with Gasteiger partial charge in [0.15, 0.2) is 0 Å². The molecule has 0 saturated carbocycles. The summed E-state index contributed by atoms with van der Waals surface area (Å²) >= 11 is 3.40. The first-order valence-electron chi connectivity index (χ1n) is 5.81.